The molecule has 2 aromatic rings. The quantitative estimate of drug-likeness (QED) is 0.571. The van der Waals surface area contributed by atoms with E-state index in [-0.39, 0.29) is 6.61 Å². The first kappa shape index (κ1) is 20.3. The van der Waals surface area contributed by atoms with E-state index >= 15 is 0 Å². The highest BCUT2D eigenvalue weighted by Gasteiger charge is 2.17. The molecule has 1 aliphatic heterocycles. The van der Waals surface area contributed by atoms with Crippen LogP contribution in [0.15, 0.2) is 42.5 Å². The van der Waals surface area contributed by atoms with Gasteiger partial charge in [0.25, 0.3) is 5.91 Å². The molecule has 2 aromatic carbocycles. The Balaban J connectivity index is 1.55. The van der Waals surface area contributed by atoms with Crippen LogP contribution in [0.3, 0.4) is 0 Å². The number of hydrogen-bond donors (Lipinski definition) is 1. The fraction of sp³-hybridized carbons (Fsp3) is 0.273. The van der Waals surface area contributed by atoms with E-state index in [0.29, 0.717) is 41.7 Å². The van der Waals surface area contributed by atoms with Crippen molar-refractivity contribution in [3.8, 4) is 17.2 Å². The number of ether oxygens (including phenoxy) is 4. The number of anilines is 1. The monoisotopic (exact) mass is 397 g/mol. The Morgan fingerprint density at radius 2 is 2.00 bits per heavy atom. The van der Waals surface area contributed by atoms with Crippen molar-refractivity contribution in [2.45, 2.75) is 13.3 Å². The number of nitrogens with one attached hydrogen (secondary N) is 1. The third kappa shape index (κ3) is 5.51. The van der Waals surface area contributed by atoms with Crippen molar-refractivity contribution in [3.63, 3.8) is 0 Å². The van der Waals surface area contributed by atoms with Gasteiger partial charge >= 0.3 is 5.97 Å². The molecular formula is C22H23NO6. The van der Waals surface area contributed by atoms with Crippen LogP contribution in [0, 0.1) is 0 Å². The van der Waals surface area contributed by atoms with Crippen molar-refractivity contribution in [1.29, 1.82) is 0 Å². The second kappa shape index (κ2) is 9.64. The molecule has 1 heterocycles. The van der Waals surface area contributed by atoms with Gasteiger partial charge in [0.2, 0.25) is 5.75 Å². The first-order chi connectivity index (χ1) is 14.1. The summed E-state index contributed by atoms with van der Waals surface area (Å²) in [7, 11) is 1.53. The molecule has 0 aromatic heterocycles. The lowest BCUT2D eigenvalue weighted by Crippen LogP contribution is -2.20. The smallest absolute Gasteiger partial charge is 0.331 e. The largest absolute Gasteiger partial charge is 0.493 e. The lowest BCUT2D eigenvalue weighted by Gasteiger charge is -2.20. The number of fused-ring (bicyclic) bond motifs is 1. The molecule has 152 valence electrons. The van der Waals surface area contributed by atoms with E-state index in [9.17, 15) is 9.59 Å². The Kier molecular flexibility index (Phi) is 6.73. The summed E-state index contributed by atoms with van der Waals surface area (Å²) in [6.07, 6.45) is 3.68. The van der Waals surface area contributed by atoms with E-state index in [1.165, 1.54) is 13.2 Å². The lowest BCUT2D eigenvalue weighted by molar-refractivity contribution is -0.142. The first-order valence-electron chi connectivity index (χ1n) is 9.30. The van der Waals surface area contributed by atoms with E-state index < -0.39 is 11.9 Å². The molecule has 0 saturated carbocycles. The Labute approximate surface area is 169 Å². The number of carbonyl (C=O) groups excluding carboxylic acids is 2. The van der Waals surface area contributed by atoms with Gasteiger partial charge in [0, 0.05) is 11.8 Å². The molecule has 3 rings (SSSR count). The van der Waals surface area contributed by atoms with E-state index in [0.717, 1.165) is 12.0 Å². The van der Waals surface area contributed by atoms with Crippen LogP contribution in [0.5, 0.6) is 17.2 Å². The molecule has 0 spiro atoms. The van der Waals surface area contributed by atoms with E-state index in [2.05, 4.69) is 5.32 Å². The van der Waals surface area contributed by atoms with Crippen molar-refractivity contribution >= 4 is 23.6 Å². The van der Waals surface area contributed by atoms with Crippen LogP contribution in [0.1, 0.15) is 18.1 Å². The summed E-state index contributed by atoms with van der Waals surface area (Å²) >= 11 is 0. The van der Waals surface area contributed by atoms with E-state index in [1.807, 2.05) is 25.1 Å². The highest BCUT2D eigenvalue weighted by atomic mass is 16.6. The molecule has 1 N–H and O–H groups in total. The van der Waals surface area contributed by atoms with Gasteiger partial charge in [0.05, 0.1) is 7.11 Å². The predicted octanol–water partition coefficient (Wildman–Crippen LogP) is 3.22. The minimum absolute atomic E-state index is 0.371. The number of methoxy groups -OCH3 is 1. The summed E-state index contributed by atoms with van der Waals surface area (Å²) < 4.78 is 21.4. The van der Waals surface area contributed by atoms with Gasteiger partial charge in [-0.1, -0.05) is 19.1 Å². The molecule has 7 nitrogen and oxygen atoms in total. The summed E-state index contributed by atoms with van der Waals surface area (Å²) in [5, 5.41) is 2.71. The highest BCUT2D eigenvalue weighted by molar-refractivity contribution is 5.94. The van der Waals surface area contributed by atoms with Crippen LogP contribution in [-0.2, 0) is 20.7 Å². The lowest BCUT2D eigenvalue weighted by atomic mass is 10.1. The van der Waals surface area contributed by atoms with Gasteiger partial charge in [-0.05, 0) is 47.9 Å². The van der Waals surface area contributed by atoms with Gasteiger partial charge in [-0.2, -0.15) is 0 Å². The number of hydrogen-bond acceptors (Lipinski definition) is 6. The summed E-state index contributed by atoms with van der Waals surface area (Å²) in [6.45, 7) is 2.56. The predicted molar refractivity (Wildman–Crippen MR) is 108 cm³/mol. The summed E-state index contributed by atoms with van der Waals surface area (Å²) in [5.74, 6) is 0.584. The zero-order chi connectivity index (χ0) is 20.6. The zero-order valence-corrected chi connectivity index (χ0v) is 16.4. The van der Waals surface area contributed by atoms with Crippen molar-refractivity contribution in [1.82, 2.24) is 0 Å². The van der Waals surface area contributed by atoms with Gasteiger partial charge in [-0.3, -0.25) is 4.79 Å². The second-order valence-corrected chi connectivity index (χ2v) is 6.29. The minimum atomic E-state index is -0.628. The van der Waals surface area contributed by atoms with Crippen LogP contribution >= 0.6 is 0 Å². The van der Waals surface area contributed by atoms with Crippen LogP contribution in [0.4, 0.5) is 5.69 Å². The molecule has 1 amide bonds. The fourth-order valence-corrected chi connectivity index (χ4v) is 2.80. The van der Waals surface area contributed by atoms with Gasteiger partial charge in [-0.25, -0.2) is 4.79 Å². The van der Waals surface area contributed by atoms with Gasteiger partial charge in [0.1, 0.15) is 13.2 Å². The van der Waals surface area contributed by atoms with Crippen LogP contribution in [0.25, 0.3) is 6.08 Å². The Hall–Kier alpha value is -3.48. The number of rotatable bonds is 7. The maximum Gasteiger partial charge on any atom is 0.331 e. The Bertz CT molecular complexity index is 904. The van der Waals surface area contributed by atoms with Crippen LogP contribution in [0.2, 0.25) is 0 Å². The maximum atomic E-state index is 12.0. The zero-order valence-electron chi connectivity index (χ0n) is 16.4. The highest BCUT2D eigenvalue weighted by Crippen LogP contribution is 2.40. The third-order valence-corrected chi connectivity index (χ3v) is 4.23. The summed E-state index contributed by atoms with van der Waals surface area (Å²) in [5.41, 5.74) is 2.46. The van der Waals surface area contributed by atoms with Crippen LogP contribution in [-0.4, -0.2) is 38.8 Å². The molecule has 1 aliphatic rings. The maximum absolute atomic E-state index is 12.0. The SMILES string of the molecule is CCc1cccc(NC(=O)COC(=O)/C=C/c2cc(OC)c3c(c2)OCCO3)c1. The molecule has 0 radical (unpaired) electrons. The first-order valence-corrected chi connectivity index (χ1v) is 9.30. The van der Waals surface area contributed by atoms with Crippen molar-refractivity contribution in [2.75, 3.05) is 32.2 Å². The molecule has 0 fully saturated rings. The number of amides is 1. The van der Waals surface area contributed by atoms with Crippen molar-refractivity contribution < 1.29 is 28.5 Å². The number of carbonyl (C=O) groups is 2. The number of aryl methyl sites for hydroxylation is 1. The van der Waals surface area contributed by atoms with Crippen molar-refractivity contribution in [3.05, 3.63) is 53.6 Å². The summed E-state index contributed by atoms with van der Waals surface area (Å²) in [6, 6.07) is 11.0. The molecule has 0 bridgehead atoms. The van der Waals surface area contributed by atoms with E-state index in [1.54, 1.807) is 24.3 Å². The molecule has 0 unspecified atom stereocenters. The molecule has 0 aliphatic carbocycles. The second-order valence-electron chi connectivity index (χ2n) is 6.29. The Morgan fingerprint density at radius 3 is 2.79 bits per heavy atom. The average Bonchev–Trinajstić information content (AvgIpc) is 2.75. The van der Waals surface area contributed by atoms with Crippen molar-refractivity contribution in [2.24, 2.45) is 0 Å². The number of benzene rings is 2. The molecular weight excluding hydrogens is 374 g/mol. The van der Waals surface area contributed by atoms with Gasteiger partial charge in [-0.15, -0.1) is 0 Å². The van der Waals surface area contributed by atoms with Crippen LogP contribution < -0.4 is 19.5 Å². The molecule has 0 atom stereocenters. The fourth-order valence-electron chi connectivity index (χ4n) is 2.80. The normalized spacial score (nSPS) is 12.5. The number of esters is 1. The van der Waals surface area contributed by atoms with Gasteiger partial charge < -0.3 is 24.3 Å². The van der Waals surface area contributed by atoms with Gasteiger partial charge in [0.15, 0.2) is 18.1 Å². The third-order valence-electron chi connectivity index (χ3n) is 4.23. The molecule has 29 heavy (non-hydrogen) atoms. The summed E-state index contributed by atoms with van der Waals surface area (Å²) in [4.78, 5) is 23.9. The minimum Gasteiger partial charge on any atom is -0.493 e. The van der Waals surface area contributed by atoms with E-state index in [4.69, 9.17) is 18.9 Å². The topological polar surface area (TPSA) is 83.1 Å². The Morgan fingerprint density at radius 1 is 1.17 bits per heavy atom. The molecule has 7 heteroatoms. The molecule has 0 saturated heterocycles. The standard InChI is InChI=1S/C22H23NO6/c1-3-15-5-4-6-17(11-15)23-20(24)14-29-21(25)8-7-16-12-18(26-2)22-19(13-16)27-9-10-28-22/h4-8,11-13H,3,9-10,14H2,1-2H3,(H,23,24)/b8-7+. The average molecular weight is 397 g/mol.